The first-order chi connectivity index (χ1) is 4.25. The SMILES string of the molecule is CCN1OCC(O)C1=O. The molecule has 0 bridgehead atoms. The minimum absolute atomic E-state index is 0.104. The van der Waals surface area contributed by atoms with Gasteiger partial charge in [0.1, 0.15) is 6.61 Å². The molecule has 1 rings (SSSR count). The summed E-state index contributed by atoms with van der Waals surface area (Å²) < 4.78 is 0. The van der Waals surface area contributed by atoms with Gasteiger partial charge in [-0.25, -0.2) is 5.06 Å². The van der Waals surface area contributed by atoms with Gasteiger partial charge in [-0.3, -0.25) is 9.63 Å². The van der Waals surface area contributed by atoms with Crippen molar-refractivity contribution < 1.29 is 14.7 Å². The topological polar surface area (TPSA) is 49.8 Å². The zero-order valence-corrected chi connectivity index (χ0v) is 5.20. The van der Waals surface area contributed by atoms with Crippen LogP contribution in [0.15, 0.2) is 0 Å². The Morgan fingerprint density at radius 1 is 2.00 bits per heavy atom. The van der Waals surface area contributed by atoms with Crippen LogP contribution in [0.25, 0.3) is 0 Å². The average molecular weight is 131 g/mol. The summed E-state index contributed by atoms with van der Waals surface area (Å²) in [6, 6.07) is 0. The zero-order chi connectivity index (χ0) is 6.85. The first kappa shape index (κ1) is 6.51. The van der Waals surface area contributed by atoms with Gasteiger partial charge in [0.2, 0.25) is 0 Å². The Bertz CT molecular complexity index is 125. The Balaban J connectivity index is 2.51. The second kappa shape index (κ2) is 2.33. The molecule has 0 aliphatic carbocycles. The predicted octanol–water partition coefficient (Wildman–Crippen LogP) is -0.859. The lowest BCUT2D eigenvalue weighted by Gasteiger charge is -2.08. The lowest BCUT2D eigenvalue weighted by molar-refractivity contribution is -0.161. The highest BCUT2D eigenvalue weighted by Gasteiger charge is 2.29. The molecule has 0 aromatic rings. The number of hydrogen-bond acceptors (Lipinski definition) is 3. The molecule has 1 heterocycles. The highest BCUT2D eigenvalue weighted by Crippen LogP contribution is 2.05. The van der Waals surface area contributed by atoms with Crippen LogP contribution in [0.1, 0.15) is 6.92 Å². The minimum Gasteiger partial charge on any atom is -0.381 e. The van der Waals surface area contributed by atoms with E-state index in [0.29, 0.717) is 6.54 Å². The van der Waals surface area contributed by atoms with Crippen molar-refractivity contribution in [2.45, 2.75) is 13.0 Å². The van der Waals surface area contributed by atoms with Crippen molar-refractivity contribution in [3.63, 3.8) is 0 Å². The molecule has 9 heavy (non-hydrogen) atoms. The van der Waals surface area contributed by atoms with Gasteiger partial charge in [0, 0.05) is 6.54 Å². The van der Waals surface area contributed by atoms with Crippen molar-refractivity contribution in [3.05, 3.63) is 0 Å². The third kappa shape index (κ3) is 1.04. The van der Waals surface area contributed by atoms with Gasteiger partial charge in [-0.05, 0) is 6.92 Å². The van der Waals surface area contributed by atoms with Crippen LogP contribution in [0.4, 0.5) is 0 Å². The van der Waals surface area contributed by atoms with Crippen LogP contribution in [-0.2, 0) is 9.63 Å². The van der Waals surface area contributed by atoms with E-state index in [1.807, 2.05) is 0 Å². The molecule has 4 nitrogen and oxygen atoms in total. The van der Waals surface area contributed by atoms with E-state index >= 15 is 0 Å². The number of hydrogen-bond donors (Lipinski definition) is 1. The number of nitrogens with zero attached hydrogens (tertiary/aromatic N) is 1. The maximum absolute atomic E-state index is 10.7. The van der Waals surface area contributed by atoms with E-state index in [2.05, 4.69) is 0 Å². The van der Waals surface area contributed by atoms with Gasteiger partial charge in [-0.2, -0.15) is 0 Å². The van der Waals surface area contributed by atoms with Crippen molar-refractivity contribution in [2.24, 2.45) is 0 Å². The van der Waals surface area contributed by atoms with Crippen LogP contribution in [0.3, 0.4) is 0 Å². The summed E-state index contributed by atoms with van der Waals surface area (Å²) in [4.78, 5) is 15.4. The summed E-state index contributed by atoms with van der Waals surface area (Å²) >= 11 is 0. The molecule has 1 saturated heterocycles. The standard InChI is InChI=1S/C5H9NO3/c1-2-6-5(8)4(7)3-9-6/h4,7H,2-3H2,1H3. The summed E-state index contributed by atoms with van der Waals surface area (Å²) in [7, 11) is 0. The Labute approximate surface area is 53.0 Å². The number of aliphatic hydroxyl groups is 1. The highest BCUT2D eigenvalue weighted by molar-refractivity contribution is 5.81. The van der Waals surface area contributed by atoms with Crippen molar-refractivity contribution in [1.82, 2.24) is 5.06 Å². The third-order valence-electron chi connectivity index (χ3n) is 1.21. The van der Waals surface area contributed by atoms with Crippen LogP contribution in [0.2, 0.25) is 0 Å². The van der Waals surface area contributed by atoms with Gasteiger partial charge >= 0.3 is 0 Å². The first-order valence-electron chi connectivity index (χ1n) is 2.88. The molecule has 1 N–H and O–H groups in total. The normalized spacial score (nSPS) is 27.6. The summed E-state index contributed by atoms with van der Waals surface area (Å²) in [6.07, 6.45) is -0.940. The molecule has 1 aliphatic heterocycles. The molecular formula is C5H9NO3. The van der Waals surface area contributed by atoms with E-state index in [1.165, 1.54) is 0 Å². The smallest absolute Gasteiger partial charge is 0.277 e. The summed E-state index contributed by atoms with van der Waals surface area (Å²) in [5.74, 6) is -0.336. The highest BCUT2D eigenvalue weighted by atomic mass is 16.7. The number of aliphatic hydroxyl groups excluding tert-OH is 1. The van der Waals surface area contributed by atoms with Crippen LogP contribution in [-0.4, -0.2) is 35.3 Å². The van der Waals surface area contributed by atoms with Crippen LogP contribution in [0, 0.1) is 0 Å². The van der Waals surface area contributed by atoms with Gasteiger partial charge in [-0.15, -0.1) is 0 Å². The maximum atomic E-state index is 10.7. The monoisotopic (exact) mass is 131 g/mol. The minimum atomic E-state index is -0.940. The largest absolute Gasteiger partial charge is 0.381 e. The number of hydroxylamine groups is 2. The van der Waals surface area contributed by atoms with Gasteiger partial charge in [0.15, 0.2) is 6.10 Å². The average Bonchev–Trinajstić information content (AvgIpc) is 2.15. The second-order valence-corrected chi connectivity index (χ2v) is 1.84. The maximum Gasteiger partial charge on any atom is 0.277 e. The van der Waals surface area contributed by atoms with Crippen LogP contribution in [0.5, 0.6) is 0 Å². The second-order valence-electron chi connectivity index (χ2n) is 1.84. The molecule has 0 aromatic carbocycles. The van der Waals surface area contributed by atoms with Crippen molar-refractivity contribution in [3.8, 4) is 0 Å². The van der Waals surface area contributed by atoms with Gasteiger partial charge in [0.05, 0.1) is 0 Å². The summed E-state index contributed by atoms with van der Waals surface area (Å²) in [6.45, 7) is 2.39. The number of amides is 1. The van der Waals surface area contributed by atoms with Crippen LogP contribution >= 0.6 is 0 Å². The Morgan fingerprint density at radius 2 is 2.67 bits per heavy atom. The van der Waals surface area contributed by atoms with E-state index in [0.717, 1.165) is 5.06 Å². The summed E-state index contributed by atoms with van der Waals surface area (Å²) in [5.41, 5.74) is 0. The van der Waals surface area contributed by atoms with E-state index in [-0.39, 0.29) is 12.5 Å². The molecule has 0 aromatic heterocycles. The van der Waals surface area contributed by atoms with Crippen molar-refractivity contribution >= 4 is 5.91 Å². The fourth-order valence-corrected chi connectivity index (χ4v) is 0.709. The molecule has 1 aliphatic rings. The lowest BCUT2D eigenvalue weighted by atomic mass is 10.4. The van der Waals surface area contributed by atoms with Gasteiger partial charge in [0.25, 0.3) is 5.91 Å². The third-order valence-corrected chi connectivity index (χ3v) is 1.21. The number of carbonyl (C=O) groups is 1. The van der Waals surface area contributed by atoms with Gasteiger partial charge < -0.3 is 5.11 Å². The molecule has 1 atom stereocenters. The molecule has 1 amide bonds. The molecule has 0 spiro atoms. The number of likely N-dealkylation sites (N-methyl/N-ethyl adjacent to an activating group) is 1. The van der Waals surface area contributed by atoms with E-state index in [4.69, 9.17) is 9.94 Å². The van der Waals surface area contributed by atoms with Crippen LogP contribution < -0.4 is 0 Å². The molecule has 0 saturated carbocycles. The lowest BCUT2D eigenvalue weighted by Crippen LogP contribution is -2.28. The fraction of sp³-hybridized carbons (Fsp3) is 0.800. The van der Waals surface area contributed by atoms with E-state index in [9.17, 15) is 4.79 Å². The molecular weight excluding hydrogens is 122 g/mol. The Hall–Kier alpha value is -0.610. The van der Waals surface area contributed by atoms with E-state index in [1.54, 1.807) is 6.92 Å². The quantitative estimate of drug-likeness (QED) is 0.504. The fourth-order valence-electron chi connectivity index (χ4n) is 0.709. The molecule has 1 unspecified atom stereocenters. The molecule has 4 heteroatoms. The molecule has 52 valence electrons. The molecule has 0 radical (unpaired) electrons. The van der Waals surface area contributed by atoms with Crippen molar-refractivity contribution in [2.75, 3.05) is 13.2 Å². The zero-order valence-electron chi connectivity index (χ0n) is 5.20. The first-order valence-corrected chi connectivity index (χ1v) is 2.88. The summed E-state index contributed by atoms with van der Waals surface area (Å²) in [5, 5.41) is 9.94. The number of rotatable bonds is 1. The molecule has 1 fully saturated rings. The van der Waals surface area contributed by atoms with Gasteiger partial charge in [-0.1, -0.05) is 0 Å². The van der Waals surface area contributed by atoms with Crippen molar-refractivity contribution in [1.29, 1.82) is 0 Å². The predicted molar refractivity (Wildman–Crippen MR) is 29.3 cm³/mol. The van der Waals surface area contributed by atoms with E-state index < -0.39 is 6.10 Å². The number of carbonyl (C=O) groups excluding carboxylic acids is 1. The Kier molecular flexibility index (Phi) is 1.68. The Morgan fingerprint density at radius 3 is 2.89 bits per heavy atom.